The first-order valence-corrected chi connectivity index (χ1v) is 16.2. The summed E-state index contributed by atoms with van der Waals surface area (Å²) in [5.74, 6) is -1.80. The molecule has 0 spiro atoms. The number of rotatable bonds is 15. The number of aliphatic hydroxyl groups is 1. The molecule has 1 fully saturated rings. The molecule has 1 saturated heterocycles. The highest BCUT2D eigenvalue weighted by Crippen LogP contribution is 2.35. The molecule has 2 aliphatic rings. The van der Waals surface area contributed by atoms with Gasteiger partial charge in [0.2, 0.25) is 6.73 Å². The standard InChI is InChI=1S/C34H36F2N9O6.ClH/c1-25(43-14-15-44(32(43)46)28-9-11-29(12-10-28)45-21-37-39-40-45)34(48,30-13-8-27(35)18-31(30)36)20-42-23-41(22-38-42)24-51-33(47)50-17-5-16-49-19-26-6-3-2-4-7-26;/h2-4,6-13,18,21,25,48H,5,14-17,19-20,23-24H2,1H3;1H/q+1;/p-1/t25-,34+;/m1./s1. The van der Waals surface area contributed by atoms with Gasteiger partial charge >= 0.3 is 18.5 Å². The van der Waals surface area contributed by atoms with Crippen molar-refractivity contribution in [3.05, 3.63) is 102 Å². The average molecular weight is 740 g/mol. The van der Waals surface area contributed by atoms with Crippen LogP contribution in [0, 0.1) is 11.6 Å². The number of hydrogen-bond acceptors (Lipinski definition) is 12. The number of hydrazone groups is 1. The molecule has 0 aliphatic carbocycles. The Bertz CT molecular complexity index is 1810. The molecular weight excluding hydrogens is 704 g/mol. The van der Waals surface area contributed by atoms with Gasteiger partial charge in [-0.25, -0.2) is 28.1 Å². The third-order valence-electron chi connectivity index (χ3n) is 8.56. The topological polar surface area (TPSA) is 151 Å². The zero-order valence-corrected chi connectivity index (χ0v) is 28.9. The fourth-order valence-corrected chi connectivity index (χ4v) is 5.83. The van der Waals surface area contributed by atoms with Crippen LogP contribution in [0.3, 0.4) is 0 Å². The minimum atomic E-state index is -2.06. The zero-order valence-electron chi connectivity index (χ0n) is 28.1. The predicted molar refractivity (Wildman–Crippen MR) is 177 cm³/mol. The van der Waals surface area contributed by atoms with Gasteiger partial charge in [0.05, 0.1) is 38.1 Å². The second kappa shape index (κ2) is 17.2. The number of aromatic nitrogens is 4. The van der Waals surface area contributed by atoms with E-state index in [9.17, 15) is 19.1 Å². The van der Waals surface area contributed by atoms with Crippen molar-refractivity contribution in [1.82, 2.24) is 35.0 Å². The summed E-state index contributed by atoms with van der Waals surface area (Å²) in [5, 5.41) is 28.9. The third-order valence-corrected chi connectivity index (χ3v) is 8.56. The number of ether oxygens (including phenoxy) is 3. The van der Waals surface area contributed by atoms with Crippen LogP contribution in [0.25, 0.3) is 5.69 Å². The fourth-order valence-electron chi connectivity index (χ4n) is 5.83. The Kier molecular flexibility index (Phi) is 12.5. The van der Waals surface area contributed by atoms with E-state index in [1.807, 2.05) is 30.3 Å². The zero-order chi connectivity index (χ0) is 35.8. The normalized spacial score (nSPS) is 15.7. The van der Waals surface area contributed by atoms with E-state index < -0.39 is 35.5 Å². The summed E-state index contributed by atoms with van der Waals surface area (Å²) in [4.78, 5) is 30.3. The van der Waals surface area contributed by atoms with Crippen molar-refractivity contribution in [3.8, 4) is 5.69 Å². The first-order valence-electron chi connectivity index (χ1n) is 16.2. The second-order valence-corrected chi connectivity index (χ2v) is 11.9. The quantitative estimate of drug-likeness (QED) is 0.104. The van der Waals surface area contributed by atoms with Crippen LogP contribution in [0.5, 0.6) is 0 Å². The van der Waals surface area contributed by atoms with Crippen LogP contribution >= 0.6 is 0 Å². The minimum Gasteiger partial charge on any atom is -1.00 e. The molecule has 3 aromatic carbocycles. The van der Waals surface area contributed by atoms with Crippen LogP contribution in [0.4, 0.5) is 24.1 Å². The second-order valence-electron chi connectivity index (χ2n) is 11.9. The monoisotopic (exact) mass is 739 g/mol. The molecule has 0 unspecified atom stereocenters. The van der Waals surface area contributed by atoms with Crippen molar-refractivity contribution >= 4 is 24.2 Å². The van der Waals surface area contributed by atoms with E-state index in [-0.39, 0.29) is 51.1 Å². The smallest absolute Gasteiger partial charge is 0.547 e. The summed E-state index contributed by atoms with van der Waals surface area (Å²) in [5.41, 5.74) is 0.0725. The van der Waals surface area contributed by atoms with Gasteiger partial charge in [-0.2, -0.15) is 0 Å². The largest absolute Gasteiger partial charge is 1.00 e. The molecule has 3 heterocycles. The maximum atomic E-state index is 15.3. The van der Waals surface area contributed by atoms with Gasteiger partial charge in [0.1, 0.15) is 28.7 Å². The molecule has 274 valence electrons. The molecule has 0 radical (unpaired) electrons. The molecule has 52 heavy (non-hydrogen) atoms. The Balaban J connectivity index is 0.00000523. The van der Waals surface area contributed by atoms with E-state index in [0.717, 1.165) is 17.7 Å². The average Bonchev–Trinajstić information content (AvgIpc) is 3.91. The van der Waals surface area contributed by atoms with Crippen molar-refractivity contribution in [2.24, 2.45) is 5.10 Å². The lowest BCUT2D eigenvalue weighted by Crippen LogP contribution is -3.00. The lowest BCUT2D eigenvalue weighted by molar-refractivity contribution is -0.0602. The lowest BCUT2D eigenvalue weighted by Gasteiger charge is -2.40. The molecule has 1 N–H and O–H groups in total. The summed E-state index contributed by atoms with van der Waals surface area (Å²) in [6, 6.07) is 18.2. The first kappa shape index (κ1) is 37.8. The number of tetrazole rings is 1. The van der Waals surface area contributed by atoms with Gasteiger partial charge in [0.25, 0.3) is 0 Å². The molecule has 2 aliphatic heterocycles. The van der Waals surface area contributed by atoms with E-state index >= 15 is 4.39 Å². The summed E-state index contributed by atoms with van der Waals surface area (Å²) in [6.07, 6.45) is 3.72. The highest BCUT2D eigenvalue weighted by Gasteiger charge is 2.48. The van der Waals surface area contributed by atoms with Gasteiger partial charge in [0, 0.05) is 36.8 Å². The van der Waals surface area contributed by atoms with E-state index in [4.69, 9.17) is 14.2 Å². The van der Waals surface area contributed by atoms with E-state index in [0.29, 0.717) is 43.6 Å². The number of carbonyl (C=O) groups excluding carboxylic acids is 2. The molecule has 15 nitrogen and oxygen atoms in total. The molecule has 6 rings (SSSR count). The van der Waals surface area contributed by atoms with Crippen molar-refractivity contribution in [2.75, 3.05) is 51.1 Å². The number of anilines is 1. The SMILES string of the molecule is C[C@@H](N1CCN(c2ccc(-n3cnnn3)cc2)C1=O)[C@@](O)(CN1CN(COC(=O)OCCCOCc2ccccc2)[C+]=N1)c1ccc(F)cc1F.[Cl-]. The number of carbonyl (C=O) groups is 2. The number of amides is 2. The van der Waals surface area contributed by atoms with Crippen molar-refractivity contribution in [3.63, 3.8) is 0 Å². The first-order chi connectivity index (χ1) is 24.7. The number of β-amino-alcohol motifs (C(OH)–C–C–N with tert-alkyl or cyclic N) is 1. The van der Waals surface area contributed by atoms with Gasteiger partial charge in [0.15, 0.2) is 6.67 Å². The molecule has 2 atom stereocenters. The van der Waals surface area contributed by atoms with E-state index in [1.54, 1.807) is 36.1 Å². The van der Waals surface area contributed by atoms with Gasteiger partial charge < -0.3 is 36.6 Å². The number of urea groups is 1. The fraction of sp³-hybridized carbons (Fsp3) is 0.353. The van der Waals surface area contributed by atoms with Gasteiger partial charge in [-0.05, 0) is 53.2 Å². The van der Waals surface area contributed by atoms with Crippen molar-refractivity contribution < 1.29 is 50.1 Å². The van der Waals surface area contributed by atoms with Crippen LogP contribution in [0.2, 0.25) is 0 Å². The summed E-state index contributed by atoms with van der Waals surface area (Å²) < 4.78 is 46.6. The number of nitrogens with zero attached hydrogens (tertiary/aromatic N) is 9. The van der Waals surface area contributed by atoms with Crippen LogP contribution in [-0.4, -0.2) is 111 Å². The molecule has 1 aromatic heterocycles. The Morgan fingerprint density at radius 2 is 1.79 bits per heavy atom. The van der Waals surface area contributed by atoms with Crippen LogP contribution in [-0.2, 0) is 26.4 Å². The highest BCUT2D eigenvalue weighted by molar-refractivity contribution is 5.94. The lowest BCUT2D eigenvalue weighted by atomic mass is 9.85. The Hall–Kier alpha value is -5.48. The van der Waals surface area contributed by atoms with Crippen LogP contribution in [0.1, 0.15) is 24.5 Å². The Labute approximate surface area is 304 Å². The number of hydrogen-bond donors (Lipinski definition) is 1. The molecule has 4 aromatic rings. The Morgan fingerprint density at radius 3 is 2.52 bits per heavy atom. The van der Waals surface area contributed by atoms with Gasteiger partial charge in [-0.15, -0.1) is 5.10 Å². The predicted octanol–water partition coefficient (Wildman–Crippen LogP) is 0.576. The molecular formula is C34H36ClF2N9O6. The Morgan fingerprint density at radius 1 is 1.02 bits per heavy atom. The number of halogens is 3. The molecule has 0 bridgehead atoms. The highest BCUT2D eigenvalue weighted by atomic mass is 35.5. The maximum absolute atomic E-state index is 15.3. The molecule has 0 saturated carbocycles. The minimum absolute atomic E-state index is 0. The van der Waals surface area contributed by atoms with Crippen molar-refractivity contribution in [1.29, 1.82) is 0 Å². The van der Waals surface area contributed by atoms with E-state index in [1.165, 1.54) is 25.8 Å². The van der Waals surface area contributed by atoms with Gasteiger partial charge in [-0.3, -0.25) is 4.90 Å². The molecule has 18 heteroatoms. The van der Waals surface area contributed by atoms with Gasteiger partial charge in [-0.1, -0.05) is 41.3 Å². The summed E-state index contributed by atoms with van der Waals surface area (Å²) in [7, 11) is 0. The van der Waals surface area contributed by atoms with Crippen LogP contribution < -0.4 is 17.3 Å². The maximum Gasteiger partial charge on any atom is 0.547 e. The number of benzene rings is 3. The summed E-state index contributed by atoms with van der Waals surface area (Å²) >= 11 is 0. The molecule has 2 amide bonds. The van der Waals surface area contributed by atoms with Crippen LogP contribution in [0.15, 0.2) is 84.2 Å². The van der Waals surface area contributed by atoms with Crippen molar-refractivity contribution in [2.45, 2.75) is 31.6 Å². The third kappa shape index (κ3) is 8.87. The van der Waals surface area contributed by atoms with E-state index in [2.05, 4.69) is 27.0 Å². The summed E-state index contributed by atoms with van der Waals surface area (Å²) in [6.45, 7) is 2.51.